The van der Waals surface area contributed by atoms with Crippen molar-refractivity contribution in [3.63, 3.8) is 0 Å². The molecule has 20 nitrogen and oxygen atoms in total. The summed E-state index contributed by atoms with van der Waals surface area (Å²) in [5, 5.41) is 9.36. The van der Waals surface area contributed by atoms with Gasteiger partial charge in [0.25, 0.3) is 0 Å². The Morgan fingerprint density at radius 1 is 1.02 bits per heavy atom. The standard InChI is InChI=1S/C20H27FN10O10P2S2/c21-8-12-6(39-18(8)30-4-26-9-14(22)24-3-25-15(9)30)1-38-43(36,44)41-13-11(32)7(2-37-42(34,35)40-12)45-19(13)31-5-27-10-16(31)28-20(23)29-17(10)33/h3-8,11-13,18-19,32,34-36,42-44H,1-2H2,(H2,22,24,25)(H3,23,28,29,33)/t6-,7-,8+,11-,12-,13-,18-,19-/m1/s1. The van der Waals surface area contributed by atoms with E-state index in [0.717, 1.165) is 18.1 Å². The van der Waals surface area contributed by atoms with E-state index in [4.69, 9.17) is 34.3 Å². The molecule has 4 aromatic heterocycles. The molecular weight excluding hydrogens is 685 g/mol. The van der Waals surface area contributed by atoms with Crippen molar-refractivity contribution < 1.29 is 47.0 Å². The van der Waals surface area contributed by atoms with E-state index in [0.29, 0.717) is 0 Å². The van der Waals surface area contributed by atoms with E-state index >= 15 is 4.39 Å². The van der Waals surface area contributed by atoms with Gasteiger partial charge in [-0.2, -0.15) is 0 Å². The molecule has 0 spiro atoms. The number of aliphatic hydroxyl groups is 1. The molecule has 0 radical (unpaired) electrons. The number of hydrogen-bond donors (Lipinski definition) is 8. The van der Waals surface area contributed by atoms with Gasteiger partial charge < -0.3 is 0 Å². The van der Waals surface area contributed by atoms with E-state index in [1.54, 1.807) is 0 Å². The molecule has 9 N–H and O–H groups in total. The first-order chi connectivity index (χ1) is 21.3. The van der Waals surface area contributed by atoms with E-state index in [2.05, 4.69) is 42.2 Å². The third-order valence-corrected chi connectivity index (χ3v) is 11.9. The van der Waals surface area contributed by atoms with Crippen molar-refractivity contribution in [1.29, 1.82) is 0 Å². The third kappa shape index (κ3) is 5.64. The molecule has 3 fully saturated rings. The second kappa shape index (κ2) is 11.4. The van der Waals surface area contributed by atoms with Crippen molar-refractivity contribution in [2.75, 3.05) is 24.7 Å². The van der Waals surface area contributed by atoms with Gasteiger partial charge in [0.15, 0.2) is 0 Å². The Bertz CT molecular complexity index is 1820. The average Bonchev–Trinajstić information content (AvgIpc) is 3.72. The number of aliphatic hydroxyl groups excluding tert-OH is 1. The van der Waals surface area contributed by atoms with Crippen molar-refractivity contribution in [1.82, 2.24) is 39.0 Å². The van der Waals surface area contributed by atoms with Gasteiger partial charge >= 0.3 is 261 Å². The number of aromatic amines is 1. The first kappa shape index (κ1) is 31.2. The van der Waals surface area contributed by atoms with Crippen LogP contribution in [-0.4, -0.2) is 108 Å². The van der Waals surface area contributed by atoms with Gasteiger partial charge in [-0.1, -0.05) is 0 Å². The normalized spacial score (nSPS) is 34.9. The summed E-state index contributed by atoms with van der Waals surface area (Å²) in [6, 6.07) is 0. The third-order valence-electron chi connectivity index (χ3n) is 7.42. The molecule has 0 aliphatic carbocycles. The summed E-state index contributed by atoms with van der Waals surface area (Å²) in [6.07, 6.45) is -5.59. The molecule has 3 aliphatic rings. The van der Waals surface area contributed by atoms with Gasteiger partial charge in [0.05, 0.1) is 0 Å². The first-order valence-corrected chi connectivity index (χ1v) is 18.8. The number of nitrogens with one attached hydrogen (secondary N) is 1. The molecule has 7 heterocycles. The van der Waals surface area contributed by atoms with Crippen LogP contribution in [-0.2, 0) is 22.8 Å². The molecule has 3 aliphatic heterocycles. The van der Waals surface area contributed by atoms with Crippen LogP contribution in [0.15, 0.2) is 23.8 Å². The summed E-state index contributed by atoms with van der Waals surface area (Å²) in [7, 11) is -9.59. The fourth-order valence-corrected chi connectivity index (χ4v) is 9.85. The van der Waals surface area contributed by atoms with E-state index < -0.39 is 81.5 Å². The number of aromatic nitrogens is 8. The molecule has 4 aromatic rings. The molecule has 246 valence electrons. The zero-order valence-corrected chi connectivity index (χ0v) is 26.2. The molecule has 45 heavy (non-hydrogen) atoms. The fourth-order valence-electron chi connectivity index (χ4n) is 5.39. The van der Waals surface area contributed by atoms with Crippen LogP contribution in [0.4, 0.5) is 16.2 Å². The predicted molar refractivity (Wildman–Crippen MR) is 161 cm³/mol. The van der Waals surface area contributed by atoms with Crippen LogP contribution in [0.25, 0.3) is 22.3 Å². The second-order valence-corrected chi connectivity index (χ2v) is 16.6. The monoisotopic (exact) mass is 712 g/mol. The quantitative estimate of drug-likeness (QED) is 0.0902. The number of H-pyrrole nitrogens is 1. The molecule has 0 aromatic carbocycles. The molecule has 8 atom stereocenters. The van der Waals surface area contributed by atoms with Crippen LogP contribution in [0.3, 0.4) is 0 Å². The Kier molecular flexibility index (Phi) is 7.92. The molecule has 25 heteroatoms. The Morgan fingerprint density at radius 2 is 1.78 bits per heavy atom. The van der Waals surface area contributed by atoms with Gasteiger partial charge in [0.2, 0.25) is 0 Å². The number of alkyl halides is 1. The predicted octanol–water partition coefficient (Wildman–Crippen LogP) is -1.12. The average molecular weight is 713 g/mol. The number of imidazole rings is 2. The van der Waals surface area contributed by atoms with Crippen LogP contribution in [0.1, 0.15) is 11.6 Å². The second-order valence-electron chi connectivity index (χ2n) is 10.3. The van der Waals surface area contributed by atoms with Crippen LogP contribution in [0, 0.1) is 0 Å². The number of thiol groups is 1. The summed E-state index contributed by atoms with van der Waals surface area (Å²) >= 11 is 5.23. The van der Waals surface area contributed by atoms with Crippen LogP contribution < -0.4 is 17.0 Å². The van der Waals surface area contributed by atoms with E-state index in [9.17, 15) is 24.6 Å². The topological polar surface area (TPSA) is 286 Å². The van der Waals surface area contributed by atoms with E-state index in [1.165, 1.54) is 21.8 Å². The molecule has 0 amide bonds. The minimum atomic E-state index is -5.11. The number of hydrogen-bond acceptors (Lipinski definition) is 19. The first-order valence-electron chi connectivity index (χ1n) is 13.1. The maximum atomic E-state index is 16.0. The molecule has 0 unspecified atom stereocenters. The van der Waals surface area contributed by atoms with Gasteiger partial charge in [-0.05, 0) is 0 Å². The van der Waals surface area contributed by atoms with Gasteiger partial charge in [0, 0.05) is 0 Å². The SMILES string of the molecule is Nc1nc2c(ncn2[C@@H]2S[C@@H]3CO[PH](O)(O)O[C@H]4[C@H](F)[C@H](n5cnc6c(N)ncnc65)O[C@@H]4CO[PH](O)(S)O[C@@H]2[C@@H]3O)c(=O)[nH]1. The number of ether oxygens (including phenoxy) is 1. The maximum absolute atomic E-state index is 16.0. The van der Waals surface area contributed by atoms with Gasteiger partial charge in [-0.25, -0.2) is 0 Å². The van der Waals surface area contributed by atoms with Crippen molar-refractivity contribution in [3.8, 4) is 0 Å². The number of nitrogen functional groups attached to an aromatic ring is 2. The number of nitrogens with two attached hydrogens (primary N) is 2. The number of nitrogens with zero attached hydrogens (tertiary/aromatic N) is 7. The fraction of sp³-hybridized carbons (Fsp3) is 0.500. The van der Waals surface area contributed by atoms with Crippen molar-refractivity contribution >= 4 is 73.4 Å². The van der Waals surface area contributed by atoms with Crippen molar-refractivity contribution in [3.05, 3.63) is 29.3 Å². The number of thioether (sulfide) groups is 1. The van der Waals surface area contributed by atoms with Gasteiger partial charge in [0.1, 0.15) is 0 Å². The summed E-state index contributed by atoms with van der Waals surface area (Å²) in [6.45, 7) is -1.12. The Morgan fingerprint density at radius 3 is 2.58 bits per heavy atom. The van der Waals surface area contributed by atoms with E-state index in [-0.39, 0.29) is 34.1 Å². The number of fused-ring (bicyclic) bond motifs is 5. The Balaban J connectivity index is 1.20. The minimum absolute atomic E-state index is 0.0471. The zero-order valence-electron chi connectivity index (χ0n) is 22.5. The summed E-state index contributed by atoms with van der Waals surface area (Å²) in [4.78, 5) is 67.6. The van der Waals surface area contributed by atoms with Crippen LogP contribution >= 0.6 is 39.3 Å². The van der Waals surface area contributed by atoms with Crippen molar-refractivity contribution in [2.24, 2.45) is 0 Å². The molecule has 0 saturated carbocycles. The van der Waals surface area contributed by atoms with Crippen LogP contribution in [0.5, 0.6) is 0 Å². The molecule has 3 saturated heterocycles. The Hall–Kier alpha value is -2.37. The number of rotatable bonds is 2. The molecular formula is C20H27FN10O10P2S2. The summed E-state index contributed by atoms with van der Waals surface area (Å²) in [5.74, 6) is -0.143. The summed E-state index contributed by atoms with van der Waals surface area (Å²) < 4.78 is 46.7. The number of halogens is 1. The molecule has 2 bridgehead atoms. The van der Waals surface area contributed by atoms with Crippen LogP contribution in [0.2, 0.25) is 0 Å². The summed E-state index contributed by atoms with van der Waals surface area (Å²) in [5.41, 5.74) is 11.3. The van der Waals surface area contributed by atoms with Crippen molar-refractivity contribution in [2.45, 2.75) is 47.4 Å². The molecule has 7 rings (SSSR count). The van der Waals surface area contributed by atoms with Gasteiger partial charge in [-0.3, -0.25) is 0 Å². The van der Waals surface area contributed by atoms with Gasteiger partial charge in [-0.15, -0.1) is 0 Å². The van der Waals surface area contributed by atoms with E-state index in [1.807, 2.05) is 0 Å². The Labute approximate surface area is 260 Å². The zero-order chi connectivity index (χ0) is 31.8. The number of anilines is 2.